The average molecular weight is 248 g/mol. The maximum atomic E-state index is 8.75. The van der Waals surface area contributed by atoms with Crippen LogP contribution in [0.15, 0.2) is 24.3 Å². The first-order valence-electron chi connectivity index (χ1n) is 4.82. The molecule has 0 aliphatic rings. The van der Waals surface area contributed by atoms with Crippen molar-refractivity contribution in [3.05, 3.63) is 34.9 Å². The van der Waals surface area contributed by atoms with E-state index < -0.39 is 0 Å². The number of halogens is 2. The third-order valence-corrected chi connectivity index (χ3v) is 2.83. The molecule has 1 atom stereocenters. The van der Waals surface area contributed by atoms with Crippen LogP contribution in [-0.2, 0) is 0 Å². The molecule has 0 fully saturated rings. The minimum absolute atomic E-state index is 0.0705. The largest absolute Gasteiger partial charge is 0.395 e. The van der Waals surface area contributed by atoms with E-state index in [0.717, 1.165) is 5.56 Å². The van der Waals surface area contributed by atoms with Crippen molar-refractivity contribution in [2.75, 3.05) is 26.7 Å². The van der Waals surface area contributed by atoms with E-state index in [0.29, 0.717) is 18.1 Å². The molecule has 1 rings (SSSR count). The molecule has 0 saturated carbocycles. The SMILES string of the molecule is CN(CCO)CC(Cl)c1ccc(Cl)cc1. The van der Waals surface area contributed by atoms with E-state index in [-0.39, 0.29) is 12.0 Å². The van der Waals surface area contributed by atoms with Crippen molar-refractivity contribution in [1.82, 2.24) is 4.90 Å². The summed E-state index contributed by atoms with van der Waals surface area (Å²) in [6.45, 7) is 1.50. The molecule has 15 heavy (non-hydrogen) atoms. The molecule has 1 unspecified atom stereocenters. The summed E-state index contributed by atoms with van der Waals surface area (Å²) in [5.74, 6) is 0. The summed E-state index contributed by atoms with van der Waals surface area (Å²) in [6.07, 6.45) is 0. The Morgan fingerprint density at radius 1 is 1.33 bits per heavy atom. The van der Waals surface area contributed by atoms with Crippen LogP contribution in [0.25, 0.3) is 0 Å². The van der Waals surface area contributed by atoms with Crippen molar-refractivity contribution in [2.45, 2.75) is 5.38 Å². The molecule has 0 aliphatic heterocycles. The van der Waals surface area contributed by atoms with E-state index in [9.17, 15) is 0 Å². The second kappa shape index (κ2) is 6.33. The zero-order chi connectivity index (χ0) is 11.3. The minimum atomic E-state index is -0.0705. The molecule has 84 valence electrons. The standard InChI is InChI=1S/C11H15Cl2NO/c1-14(6-7-15)8-11(13)9-2-4-10(12)5-3-9/h2-5,11,15H,6-8H2,1H3. The van der Waals surface area contributed by atoms with Crippen molar-refractivity contribution in [1.29, 1.82) is 0 Å². The van der Waals surface area contributed by atoms with Gasteiger partial charge in [-0.3, -0.25) is 0 Å². The zero-order valence-corrected chi connectivity index (χ0v) is 10.2. The van der Waals surface area contributed by atoms with Crippen LogP contribution in [0.3, 0.4) is 0 Å². The predicted octanol–water partition coefficient (Wildman–Crippen LogP) is 2.54. The third kappa shape index (κ3) is 4.39. The van der Waals surface area contributed by atoms with Crippen molar-refractivity contribution in [3.63, 3.8) is 0 Å². The first kappa shape index (κ1) is 12.8. The van der Waals surface area contributed by atoms with E-state index in [2.05, 4.69) is 0 Å². The number of benzene rings is 1. The van der Waals surface area contributed by atoms with Gasteiger partial charge in [0, 0.05) is 18.1 Å². The molecular formula is C11H15Cl2NO. The molecule has 0 aromatic heterocycles. The molecule has 0 radical (unpaired) electrons. The van der Waals surface area contributed by atoms with E-state index in [1.807, 2.05) is 36.2 Å². The fourth-order valence-electron chi connectivity index (χ4n) is 1.31. The van der Waals surface area contributed by atoms with Gasteiger partial charge < -0.3 is 10.0 Å². The van der Waals surface area contributed by atoms with E-state index in [1.165, 1.54) is 0 Å². The monoisotopic (exact) mass is 247 g/mol. The van der Waals surface area contributed by atoms with Gasteiger partial charge in [-0.05, 0) is 24.7 Å². The molecule has 0 amide bonds. The number of likely N-dealkylation sites (N-methyl/N-ethyl adjacent to an activating group) is 1. The smallest absolute Gasteiger partial charge is 0.0712 e. The van der Waals surface area contributed by atoms with Crippen LogP contribution in [0, 0.1) is 0 Å². The Morgan fingerprint density at radius 2 is 1.93 bits per heavy atom. The lowest BCUT2D eigenvalue weighted by Crippen LogP contribution is -2.25. The molecule has 0 spiro atoms. The van der Waals surface area contributed by atoms with E-state index in [1.54, 1.807) is 0 Å². The van der Waals surface area contributed by atoms with Crippen LogP contribution in [0.5, 0.6) is 0 Å². The Balaban J connectivity index is 2.53. The Morgan fingerprint density at radius 3 is 2.47 bits per heavy atom. The van der Waals surface area contributed by atoms with Crippen LogP contribution >= 0.6 is 23.2 Å². The van der Waals surface area contributed by atoms with Crippen LogP contribution in [0.4, 0.5) is 0 Å². The Bertz CT molecular complexity index is 289. The van der Waals surface area contributed by atoms with Gasteiger partial charge in [0.1, 0.15) is 0 Å². The van der Waals surface area contributed by atoms with E-state index >= 15 is 0 Å². The summed E-state index contributed by atoms with van der Waals surface area (Å²) < 4.78 is 0. The van der Waals surface area contributed by atoms with Crippen LogP contribution < -0.4 is 0 Å². The lowest BCUT2D eigenvalue weighted by atomic mass is 10.1. The second-order valence-corrected chi connectivity index (χ2v) is 4.47. The highest BCUT2D eigenvalue weighted by Crippen LogP contribution is 2.22. The quantitative estimate of drug-likeness (QED) is 0.809. The lowest BCUT2D eigenvalue weighted by Gasteiger charge is -2.19. The summed E-state index contributed by atoms with van der Waals surface area (Å²) >= 11 is 12.0. The predicted molar refractivity (Wildman–Crippen MR) is 64.6 cm³/mol. The highest BCUT2D eigenvalue weighted by Gasteiger charge is 2.10. The van der Waals surface area contributed by atoms with Crippen molar-refractivity contribution in [2.24, 2.45) is 0 Å². The van der Waals surface area contributed by atoms with Gasteiger partial charge in [-0.25, -0.2) is 0 Å². The summed E-state index contributed by atoms with van der Waals surface area (Å²) in [6, 6.07) is 7.51. The highest BCUT2D eigenvalue weighted by molar-refractivity contribution is 6.30. The van der Waals surface area contributed by atoms with Gasteiger partial charge in [0.15, 0.2) is 0 Å². The molecule has 4 heteroatoms. The van der Waals surface area contributed by atoms with Crippen molar-refractivity contribution >= 4 is 23.2 Å². The maximum Gasteiger partial charge on any atom is 0.0712 e. The molecular weight excluding hydrogens is 233 g/mol. The first-order valence-corrected chi connectivity index (χ1v) is 5.64. The Hall–Kier alpha value is -0.280. The maximum absolute atomic E-state index is 8.75. The Labute approximate surface area is 100 Å². The number of aliphatic hydroxyl groups is 1. The van der Waals surface area contributed by atoms with Gasteiger partial charge >= 0.3 is 0 Å². The van der Waals surface area contributed by atoms with Gasteiger partial charge in [-0.2, -0.15) is 0 Å². The topological polar surface area (TPSA) is 23.5 Å². The van der Waals surface area contributed by atoms with Gasteiger partial charge in [-0.1, -0.05) is 23.7 Å². The average Bonchev–Trinajstić information content (AvgIpc) is 2.18. The Kier molecular flexibility index (Phi) is 5.40. The number of hydrogen-bond acceptors (Lipinski definition) is 2. The van der Waals surface area contributed by atoms with Gasteiger partial charge in [0.05, 0.1) is 12.0 Å². The molecule has 1 aromatic rings. The number of aliphatic hydroxyl groups excluding tert-OH is 1. The fraction of sp³-hybridized carbons (Fsp3) is 0.455. The second-order valence-electron chi connectivity index (χ2n) is 3.50. The molecule has 2 nitrogen and oxygen atoms in total. The van der Waals surface area contributed by atoms with Crippen LogP contribution in [0.2, 0.25) is 5.02 Å². The lowest BCUT2D eigenvalue weighted by molar-refractivity contribution is 0.221. The molecule has 0 heterocycles. The highest BCUT2D eigenvalue weighted by atomic mass is 35.5. The summed E-state index contributed by atoms with van der Waals surface area (Å²) in [5, 5.41) is 9.40. The first-order chi connectivity index (χ1) is 7.13. The van der Waals surface area contributed by atoms with Crippen LogP contribution in [0.1, 0.15) is 10.9 Å². The summed E-state index contributed by atoms with van der Waals surface area (Å²) in [5.41, 5.74) is 1.05. The van der Waals surface area contributed by atoms with E-state index in [4.69, 9.17) is 28.3 Å². The van der Waals surface area contributed by atoms with Gasteiger partial charge in [-0.15, -0.1) is 11.6 Å². The number of alkyl halides is 1. The molecule has 0 aliphatic carbocycles. The van der Waals surface area contributed by atoms with Gasteiger partial charge in [0.25, 0.3) is 0 Å². The number of hydrogen-bond donors (Lipinski definition) is 1. The van der Waals surface area contributed by atoms with Gasteiger partial charge in [0.2, 0.25) is 0 Å². The molecule has 1 N–H and O–H groups in total. The van der Waals surface area contributed by atoms with Crippen molar-refractivity contribution in [3.8, 4) is 0 Å². The minimum Gasteiger partial charge on any atom is -0.395 e. The summed E-state index contributed by atoms with van der Waals surface area (Å²) in [4.78, 5) is 1.99. The normalized spacial score (nSPS) is 13.1. The van der Waals surface area contributed by atoms with Crippen LogP contribution in [-0.4, -0.2) is 36.8 Å². The molecule has 0 bridgehead atoms. The number of nitrogens with zero attached hydrogens (tertiary/aromatic N) is 1. The third-order valence-electron chi connectivity index (χ3n) is 2.19. The zero-order valence-electron chi connectivity index (χ0n) is 8.66. The molecule has 0 saturated heterocycles. The summed E-state index contributed by atoms with van der Waals surface area (Å²) in [7, 11) is 1.93. The number of rotatable bonds is 5. The fourth-order valence-corrected chi connectivity index (χ4v) is 1.82. The van der Waals surface area contributed by atoms with Crippen molar-refractivity contribution < 1.29 is 5.11 Å². The molecule has 1 aromatic carbocycles.